The predicted octanol–water partition coefficient (Wildman–Crippen LogP) is 4.80. The van der Waals surface area contributed by atoms with Crippen LogP contribution in [-0.4, -0.2) is 114 Å². The highest BCUT2D eigenvalue weighted by molar-refractivity contribution is 8.00. The first-order valence-electron chi connectivity index (χ1n) is 18.5. The molecule has 4 atom stereocenters. The maximum atomic E-state index is 13.8. The van der Waals surface area contributed by atoms with Crippen molar-refractivity contribution in [2.45, 2.75) is 46.9 Å². The van der Waals surface area contributed by atoms with E-state index in [1.807, 2.05) is 62.3 Å². The molecule has 15 nitrogen and oxygen atoms in total. The summed E-state index contributed by atoms with van der Waals surface area (Å²) in [5, 5.41) is 19.0. The summed E-state index contributed by atoms with van der Waals surface area (Å²) in [6.07, 6.45) is 0.189. The summed E-state index contributed by atoms with van der Waals surface area (Å²) in [6, 6.07) is 17.8. The number of Topliss-reactive ketones (excluding diaryl/α,β-unsaturated/α-hetero) is 1. The van der Waals surface area contributed by atoms with E-state index in [1.165, 1.54) is 27.6 Å². The maximum absolute atomic E-state index is 13.8. The lowest BCUT2D eigenvalue weighted by molar-refractivity contribution is -0.160. The summed E-state index contributed by atoms with van der Waals surface area (Å²) in [5.41, 5.74) is 4.43. The van der Waals surface area contributed by atoms with Gasteiger partial charge in [-0.2, -0.15) is 0 Å². The van der Waals surface area contributed by atoms with Crippen molar-refractivity contribution in [1.82, 2.24) is 9.80 Å². The van der Waals surface area contributed by atoms with Gasteiger partial charge in [-0.15, -0.1) is 11.8 Å². The molecule has 3 aromatic rings. The van der Waals surface area contributed by atoms with Crippen molar-refractivity contribution in [2.75, 3.05) is 61.9 Å². The topological polar surface area (TPSA) is 170 Å². The average Bonchev–Trinajstić information content (AvgIpc) is 3.50. The van der Waals surface area contributed by atoms with Gasteiger partial charge in [0.2, 0.25) is 11.8 Å². The second-order valence-corrected chi connectivity index (χ2v) is 16.9. The van der Waals surface area contributed by atoms with Gasteiger partial charge in [0.05, 0.1) is 35.7 Å². The number of carboxylic acids is 1. The molecular formula is C41H41N5O10S2. The number of benzene rings is 3. The quantitative estimate of drug-likeness (QED) is 0.239. The van der Waals surface area contributed by atoms with Crippen LogP contribution in [0.4, 0.5) is 27.5 Å². The lowest BCUT2D eigenvalue weighted by Crippen LogP contribution is -2.63. The number of carbonyl (C=O) groups excluding carboxylic acids is 4. The normalized spacial score (nSPS) is 22.2. The number of thioether (sulfide) groups is 1. The molecule has 0 bridgehead atoms. The molecule has 5 heterocycles. The summed E-state index contributed by atoms with van der Waals surface area (Å²) in [6.45, 7) is -0.471. The Morgan fingerprint density at radius 2 is 1.59 bits per heavy atom. The first-order valence-corrected chi connectivity index (χ1v) is 20.4. The molecule has 0 spiro atoms. The first-order chi connectivity index (χ1) is 27.8. The van der Waals surface area contributed by atoms with E-state index in [1.54, 1.807) is 40.9 Å². The van der Waals surface area contributed by atoms with Crippen molar-refractivity contribution >= 4 is 75.9 Å². The smallest absolute Gasteiger partial charge is 0.419 e. The standard InChI is InChI=1S/C41H41N5O10S2/c1-42(2)24-7-11-28-32(15-24)58-33-16-25(43(3)4)8-12-29(33)44(28)41(53)55-19-22-5-9-26(10-6-22)54-20-23-21-57-39-27(38(50)46(39)36(23)40(51)52)17-30(48)37-31(13-14-47)56-35-18-34(49)45(35)37/h5-13,15-16,27,35,37,39,47H,14,17-21H2,1-4H3,(H,51,52)/b31-13-/t27-,35-,37+,39-/m1/s1. The van der Waals surface area contributed by atoms with Gasteiger partial charge in [0.15, 0.2) is 18.1 Å². The van der Waals surface area contributed by atoms with Gasteiger partial charge in [-0.25, -0.2) is 14.5 Å². The molecule has 0 unspecified atom stereocenters. The Bertz CT molecular complexity index is 2220. The van der Waals surface area contributed by atoms with E-state index in [2.05, 4.69) is 12.1 Å². The molecule has 17 heteroatoms. The van der Waals surface area contributed by atoms with E-state index < -0.39 is 47.3 Å². The zero-order valence-corrected chi connectivity index (χ0v) is 33.7. The molecule has 3 aromatic carbocycles. The van der Waals surface area contributed by atoms with Crippen LogP contribution < -0.4 is 19.4 Å². The molecule has 2 N–H and O–H groups in total. The van der Waals surface area contributed by atoms with E-state index in [0.29, 0.717) is 16.9 Å². The number of aliphatic hydroxyl groups excluding tert-OH is 1. The molecule has 8 rings (SSSR count). The number of carboxylic acid groups (broad SMARTS) is 1. The number of ketones is 1. The molecule has 0 aliphatic carbocycles. The lowest BCUT2D eigenvalue weighted by Gasteiger charge is -2.49. The molecule has 5 aliphatic heterocycles. The Kier molecular flexibility index (Phi) is 10.5. The molecule has 58 heavy (non-hydrogen) atoms. The largest absolute Gasteiger partial charge is 0.489 e. The van der Waals surface area contributed by atoms with Crippen LogP contribution in [0.25, 0.3) is 0 Å². The number of aliphatic carboxylic acids is 1. The minimum absolute atomic E-state index is 0.00615. The Hall–Kier alpha value is -5.65. The van der Waals surface area contributed by atoms with Gasteiger partial charge in [-0.3, -0.25) is 24.2 Å². The Labute approximate surface area is 342 Å². The van der Waals surface area contributed by atoms with Crippen LogP contribution in [0.5, 0.6) is 5.75 Å². The second-order valence-electron chi connectivity index (χ2n) is 14.7. The van der Waals surface area contributed by atoms with E-state index in [-0.39, 0.29) is 55.8 Å². The van der Waals surface area contributed by atoms with Crippen LogP contribution in [-0.2, 0) is 35.3 Å². The number of rotatable bonds is 12. The summed E-state index contributed by atoms with van der Waals surface area (Å²) in [7, 11) is 7.87. The van der Waals surface area contributed by atoms with Crippen molar-refractivity contribution < 1.29 is 48.4 Å². The van der Waals surface area contributed by atoms with Crippen LogP contribution in [0.15, 0.2) is 93.6 Å². The number of nitrogens with zero attached hydrogens (tertiary/aromatic N) is 5. The molecular weight excluding hydrogens is 787 g/mol. The molecule has 3 amide bonds. The molecule has 302 valence electrons. The average molecular weight is 828 g/mol. The minimum atomic E-state index is -1.28. The number of aliphatic hydroxyl groups is 1. The zero-order chi connectivity index (χ0) is 41.0. The van der Waals surface area contributed by atoms with Crippen LogP contribution >= 0.6 is 23.5 Å². The SMILES string of the molecule is CN(C)c1ccc2c(c1)Sc1cc(N(C)C)ccc1N2C(=O)OCc1ccc(OCC2=C(C(=O)O)N3C(=O)[C@@H](CC(=O)[C@H]4/C(=C/CO)O[C@@H]5CC(=O)N54)[C@H]3SC2)cc1. The van der Waals surface area contributed by atoms with Crippen molar-refractivity contribution in [2.24, 2.45) is 5.92 Å². The fourth-order valence-electron chi connectivity index (χ4n) is 7.59. The molecule has 3 saturated heterocycles. The first kappa shape index (κ1) is 39.2. The lowest BCUT2D eigenvalue weighted by atomic mass is 9.87. The third kappa shape index (κ3) is 7.00. The molecule has 0 aromatic heterocycles. The third-order valence-electron chi connectivity index (χ3n) is 10.6. The monoisotopic (exact) mass is 827 g/mol. The number of hydrogen-bond acceptors (Lipinski definition) is 13. The van der Waals surface area contributed by atoms with E-state index in [0.717, 1.165) is 32.5 Å². The van der Waals surface area contributed by atoms with Gasteiger partial charge < -0.3 is 34.2 Å². The number of fused-ring (bicyclic) bond motifs is 4. The molecule has 3 fully saturated rings. The predicted molar refractivity (Wildman–Crippen MR) is 216 cm³/mol. The molecule has 0 radical (unpaired) electrons. The highest BCUT2D eigenvalue weighted by atomic mass is 32.2. The third-order valence-corrected chi connectivity index (χ3v) is 13.1. The maximum Gasteiger partial charge on any atom is 0.419 e. The highest BCUT2D eigenvalue weighted by Crippen LogP contribution is 2.51. The van der Waals surface area contributed by atoms with Gasteiger partial charge in [0.25, 0.3) is 0 Å². The molecule has 0 saturated carbocycles. The summed E-state index contributed by atoms with van der Waals surface area (Å²) in [4.78, 5) is 75.2. The second kappa shape index (κ2) is 15.6. The van der Waals surface area contributed by atoms with Crippen molar-refractivity contribution in [1.29, 1.82) is 0 Å². The Morgan fingerprint density at radius 3 is 2.17 bits per heavy atom. The van der Waals surface area contributed by atoms with Crippen molar-refractivity contribution in [3.63, 3.8) is 0 Å². The van der Waals surface area contributed by atoms with E-state index in [4.69, 9.17) is 14.2 Å². The summed E-state index contributed by atoms with van der Waals surface area (Å²) < 4.78 is 17.5. The van der Waals surface area contributed by atoms with Crippen molar-refractivity contribution in [3.05, 3.63) is 89.3 Å². The number of carbonyl (C=O) groups is 5. The van der Waals surface area contributed by atoms with E-state index >= 15 is 0 Å². The zero-order valence-electron chi connectivity index (χ0n) is 32.1. The summed E-state index contributed by atoms with van der Waals surface area (Å²) in [5.74, 6) is -2.30. The van der Waals surface area contributed by atoms with Crippen LogP contribution in [0.3, 0.4) is 0 Å². The molecule has 5 aliphatic rings. The number of hydrogen-bond donors (Lipinski definition) is 2. The Balaban J connectivity index is 0.901. The van der Waals surface area contributed by atoms with Gasteiger partial charge in [-0.05, 0) is 60.2 Å². The fourth-order valence-corrected chi connectivity index (χ4v) is 10.1. The number of amides is 3. The van der Waals surface area contributed by atoms with E-state index in [9.17, 15) is 34.2 Å². The van der Waals surface area contributed by atoms with Crippen LogP contribution in [0.2, 0.25) is 0 Å². The van der Waals surface area contributed by atoms with Gasteiger partial charge in [0, 0.05) is 67.1 Å². The van der Waals surface area contributed by atoms with Gasteiger partial charge in [0.1, 0.15) is 30.4 Å². The Morgan fingerprint density at radius 1 is 0.931 bits per heavy atom. The van der Waals surface area contributed by atoms with Crippen LogP contribution in [0.1, 0.15) is 18.4 Å². The van der Waals surface area contributed by atoms with Gasteiger partial charge >= 0.3 is 12.1 Å². The number of anilines is 4. The van der Waals surface area contributed by atoms with Crippen molar-refractivity contribution in [3.8, 4) is 5.75 Å². The summed E-state index contributed by atoms with van der Waals surface area (Å²) >= 11 is 2.95. The van der Waals surface area contributed by atoms with Crippen LogP contribution in [0, 0.1) is 5.92 Å². The fraction of sp³-hybridized carbons (Fsp3) is 0.341. The minimum Gasteiger partial charge on any atom is -0.489 e. The van der Waals surface area contributed by atoms with Gasteiger partial charge in [-0.1, -0.05) is 23.9 Å². The highest BCUT2D eigenvalue weighted by Gasteiger charge is 2.57. The number of β-lactam (4-membered cyclic amide) rings is 2. The number of ether oxygens (including phenoxy) is 3.